The summed E-state index contributed by atoms with van der Waals surface area (Å²) in [6.45, 7) is 0. The van der Waals surface area contributed by atoms with Gasteiger partial charge in [0.25, 0.3) is 0 Å². The predicted molar refractivity (Wildman–Crippen MR) is 83.0 cm³/mol. The van der Waals surface area contributed by atoms with Crippen molar-refractivity contribution in [2.45, 2.75) is 25.2 Å². The average molecular weight is 295 g/mol. The highest BCUT2D eigenvalue weighted by Crippen LogP contribution is 2.30. The number of fused-ring (bicyclic) bond motifs is 1. The van der Waals surface area contributed by atoms with E-state index >= 15 is 0 Å². The minimum Gasteiger partial charge on any atom is -0.370 e. The van der Waals surface area contributed by atoms with Crippen LogP contribution in [-0.4, -0.2) is 26.1 Å². The molecule has 0 bridgehead atoms. The highest BCUT2D eigenvalue weighted by Gasteiger charge is 2.16. The monoisotopic (exact) mass is 295 g/mol. The van der Waals surface area contributed by atoms with Gasteiger partial charge in [-0.3, -0.25) is 14.9 Å². The molecule has 1 atom stereocenters. The van der Waals surface area contributed by atoms with Gasteiger partial charge in [0, 0.05) is 36.3 Å². The summed E-state index contributed by atoms with van der Waals surface area (Å²) in [4.78, 5) is 19.6. The fraction of sp³-hybridized carbons (Fsp3) is 0.250. The smallest absolute Gasteiger partial charge is 0.217 e. The van der Waals surface area contributed by atoms with Crippen LogP contribution in [0.15, 0.2) is 43.0 Å². The van der Waals surface area contributed by atoms with Crippen molar-refractivity contribution in [1.82, 2.24) is 20.2 Å². The van der Waals surface area contributed by atoms with E-state index in [9.17, 15) is 4.79 Å². The third kappa shape index (κ3) is 3.11. The summed E-state index contributed by atoms with van der Waals surface area (Å²) in [5, 5.41) is 7.82. The Morgan fingerprint density at radius 2 is 2.18 bits per heavy atom. The van der Waals surface area contributed by atoms with Crippen molar-refractivity contribution in [2.24, 2.45) is 5.73 Å². The molecule has 3 heterocycles. The number of hydrogen-bond acceptors (Lipinski definition) is 4. The number of H-pyrrole nitrogens is 1. The summed E-state index contributed by atoms with van der Waals surface area (Å²) in [5.41, 5.74) is 8.21. The number of primary amides is 1. The number of aromatic amines is 1. The normalized spacial score (nSPS) is 12.4. The maximum Gasteiger partial charge on any atom is 0.217 e. The standard InChI is InChI=1S/C16H17N5O/c17-15(22)5-1-4-14(11-3-2-6-18-8-11)12-7-13-10-20-21-16(13)19-9-12/h2-3,6-10,14H,1,4-5H2,(H2,17,22)(H,19,20,21). The van der Waals surface area contributed by atoms with Crippen molar-refractivity contribution >= 4 is 16.9 Å². The number of amides is 1. The molecule has 6 heteroatoms. The van der Waals surface area contributed by atoms with Crippen LogP contribution < -0.4 is 5.73 Å². The van der Waals surface area contributed by atoms with Gasteiger partial charge in [0.2, 0.25) is 5.91 Å². The van der Waals surface area contributed by atoms with Gasteiger partial charge < -0.3 is 5.73 Å². The topological polar surface area (TPSA) is 97.5 Å². The second-order valence-electron chi connectivity index (χ2n) is 5.27. The van der Waals surface area contributed by atoms with Crippen LogP contribution in [0.3, 0.4) is 0 Å². The third-order valence-corrected chi connectivity index (χ3v) is 3.72. The van der Waals surface area contributed by atoms with Crippen molar-refractivity contribution in [3.8, 4) is 0 Å². The van der Waals surface area contributed by atoms with Crippen molar-refractivity contribution in [1.29, 1.82) is 0 Å². The molecule has 0 spiro atoms. The van der Waals surface area contributed by atoms with Crippen molar-refractivity contribution < 1.29 is 4.79 Å². The van der Waals surface area contributed by atoms with Gasteiger partial charge in [-0.25, -0.2) is 4.98 Å². The molecule has 1 unspecified atom stereocenters. The number of nitrogens with two attached hydrogens (primary N) is 1. The van der Waals surface area contributed by atoms with Crippen molar-refractivity contribution in [3.63, 3.8) is 0 Å². The SMILES string of the molecule is NC(=O)CCCC(c1cccnc1)c1cnc2[nH]ncc2c1. The lowest BCUT2D eigenvalue weighted by molar-refractivity contribution is -0.118. The molecule has 3 N–H and O–H groups in total. The van der Waals surface area contributed by atoms with Crippen LogP contribution in [0, 0.1) is 0 Å². The van der Waals surface area contributed by atoms with E-state index in [2.05, 4.69) is 26.2 Å². The molecule has 0 saturated carbocycles. The molecular formula is C16H17N5O. The van der Waals surface area contributed by atoms with Crippen LogP contribution in [0.2, 0.25) is 0 Å². The Balaban J connectivity index is 1.91. The van der Waals surface area contributed by atoms with E-state index in [1.54, 1.807) is 12.4 Å². The zero-order valence-electron chi connectivity index (χ0n) is 12.1. The number of nitrogens with zero attached hydrogens (tertiary/aromatic N) is 3. The highest BCUT2D eigenvalue weighted by atomic mass is 16.1. The molecule has 6 nitrogen and oxygen atoms in total. The number of hydrogen-bond donors (Lipinski definition) is 2. The Labute approximate surface area is 127 Å². The molecule has 22 heavy (non-hydrogen) atoms. The number of carbonyl (C=O) groups is 1. The lowest BCUT2D eigenvalue weighted by atomic mass is 9.88. The van der Waals surface area contributed by atoms with E-state index in [1.807, 2.05) is 24.5 Å². The fourth-order valence-corrected chi connectivity index (χ4v) is 2.63. The van der Waals surface area contributed by atoms with Crippen LogP contribution in [0.5, 0.6) is 0 Å². The molecule has 112 valence electrons. The van der Waals surface area contributed by atoms with Gasteiger partial charge in [-0.15, -0.1) is 0 Å². The quantitative estimate of drug-likeness (QED) is 0.728. The minimum atomic E-state index is -0.270. The van der Waals surface area contributed by atoms with E-state index in [0.717, 1.165) is 35.0 Å². The maximum atomic E-state index is 11.0. The molecule has 1 amide bonds. The summed E-state index contributed by atoms with van der Waals surface area (Å²) in [7, 11) is 0. The van der Waals surface area contributed by atoms with Gasteiger partial charge in [0.05, 0.1) is 6.20 Å². The minimum absolute atomic E-state index is 0.139. The van der Waals surface area contributed by atoms with Crippen molar-refractivity contribution in [2.75, 3.05) is 0 Å². The highest BCUT2D eigenvalue weighted by molar-refractivity contribution is 5.74. The van der Waals surface area contributed by atoms with Crippen LogP contribution in [0.4, 0.5) is 0 Å². The molecule has 0 radical (unpaired) electrons. The van der Waals surface area contributed by atoms with Crippen molar-refractivity contribution in [3.05, 3.63) is 54.1 Å². The second-order valence-corrected chi connectivity index (χ2v) is 5.27. The summed E-state index contributed by atoms with van der Waals surface area (Å²) in [6.07, 6.45) is 9.16. The zero-order chi connectivity index (χ0) is 15.4. The molecule has 0 aromatic carbocycles. The summed E-state index contributed by atoms with van der Waals surface area (Å²) < 4.78 is 0. The maximum absolute atomic E-state index is 11.0. The molecule has 3 rings (SSSR count). The lowest BCUT2D eigenvalue weighted by Gasteiger charge is -2.17. The van der Waals surface area contributed by atoms with E-state index in [-0.39, 0.29) is 11.8 Å². The largest absolute Gasteiger partial charge is 0.370 e. The molecule has 3 aromatic rings. The number of carbonyl (C=O) groups excluding carboxylic acids is 1. The Bertz CT molecular complexity index is 768. The number of rotatable bonds is 6. The lowest BCUT2D eigenvalue weighted by Crippen LogP contribution is -2.11. The first-order chi connectivity index (χ1) is 10.7. The van der Waals surface area contributed by atoms with E-state index in [0.29, 0.717) is 6.42 Å². The van der Waals surface area contributed by atoms with Gasteiger partial charge in [0.15, 0.2) is 5.65 Å². The number of nitrogens with one attached hydrogen (secondary N) is 1. The average Bonchev–Trinajstić information content (AvgIpc) is 2.99. The van der Waals surface area contributed by atoms with Gasteiger partial charge in [-0.2, -0.15) is 5.10 Å². The predicted octanol–water partition coefficient (Wildman–Crippen LogP) is 2.14. The molecule has 3 aromatic heterocycles. The van der Waals surface area contributed by atoms with Crippen LogP contribution in [-0.2, 0) is 4.79 Å². The fourth-order valence-electron chi connectivity index (χ4n) is 2.63. The Morgan fingerprint density at radius 1 is 1.27 bits per heavy atom. The Kier molecular flexibility index (Phi) is 4.09. The first kappa shape index (κ1) is 14.2. The van der Waals surface area contributed by atoms with Crippen LogP contribution in [0.25, 0.3) is 11.0 Å². The summed E-state index contributed by atoms with van der Waals surface area (Å²) in [5.74, 6) is -0.131. The molecule has 0 aliphatic heterocycles. The molecule has 0 aliphatic carbocycles. The van der Waals surface area contributed by atoms with E-state index < -0.39 is 0 Å². The summed E-state index contributed by atoms with van der Waals surface area (Å²) >= 11 is 0. The third-order valence-electron chi connectivity index (χ3n) is 3.72. The molecule has 0 saturated heterocycles. The second kappa shape index (κ2) is 6.34. The van der Waals surface area contributed by atoms with Crippen LogP contribution in [0.1, 0.15) is 36.3 Å². The zero-order valence-corrected chi connectivity index (χ0v) is 12.1. The first-order valence-corrected chi connectivity index (χ1v) is 7.21. The molecule has 0 fully saturated rings. The molecular weight excluding hydrogens is 278 g/mol. The first-order valence-electron chi connectivity index (χ1n) is 7.21. The van der Waals surface area contributed by atoms with E-state index in [1.165, 1.54) is 0 Å². The van der Waals surface area contributed by atoms with Gasteiger partial charge >= 0.3 is 0 Å². The Morgan fingerprint density at radius 3 is 2.95 bits per heavy atom. The van der Waals surface area contributed by atoms with Gasteiger partial charge in [0.1, 0.15) is 0 Å². The van der Waals surface area contributed by atoms with Gasteiger partial charge in [-0.05, 0) is 36.1 Å². The Hall–Kier alpha value is -2.76. The summed E-state index contributed by atoms with van der Waals surface area (Å²) in [6, 6.07) is 6.04. The molecule has 0 aliphatic rings. The van der Waals surface area contributed by atoms with E-state index in [4.69, 9.17) is 5.73 Å². The van der Waals surface area contributed by atoms with Gasteiger partial charge in [-0.1, -0.05) is 6.07 Å². The number of aromatic nitrogens is 4. The van der Waals surface area contributed by atoms with Crippen LogP contribution >= 0.6 is 0 Å². The number of pyridine rings is 2.